The molecular weight excluding hydrogens is 184 g/mol. The Kier molecular flexibility index (Phi) is 2.81. The van der Waals surface area contributed by atoms with E-state index in [1.165, 1.54) is 18.2 Å². The molecule has 74 valence electrons. The Morgan fingerprint density at radius 3 is 2.71 bits per heavy atom. The minimum Gasteiger partial charge on any atom is -0.507 e. The lowest BCUT2D eigenvalue weighted by molar-refractivity contribution is -0.384. The Balaban J connectivity index is 3.28. The molecule has 0 atom stereocenters. The molecule has 0 aliphatic rings. The van der Waals surface area contributed by atoms with Crippen LogP contribution in [0.15, 0.2) is 23.2 Å². The first-order valence-corrected chi connectivity index (χ1v) is 3.97. The van der Waals surface area contributed by atoms with Gasteiger partial charge in [-0.15, -0.1) is 0 Å². The number of nitrogens with zero attached hydrogens (tertiary/aromatic N) is 2. The van der Waals surface area contributed by atoms with Gasteiger partial charge in [0.05, 0.1) is 4.92 Å². The third-order valence-electron chi connectivity index (χ3n) is 1.92. The SMILES string of the molecule is CN=C(C)c1cc([N+](=O)[O-])ccc1O. The van der Waals surface area contributed by atoms with E-state index >= 15 is 0 Å². The summed E-state index contributed by atoms with van der Waals surface area (Å²) in [4.78, 5) is 13.8. The molecule has 5 heteroatoms. The van der Waals surface area contributed by atoms with Gasteiger partial charge in [-0.05, 0) is 13.0 Å². The van der Waals surface area contributed by atoms with E-state index in [9.17, 15) is 15.2 Å². The van der Waals surface area contributed by atoms with Gasteiger partial charge in [0.25, 0.3) is 5.69 Å². The first kappa shape index (κ1) is 10.2. The van der Waals surface area contributed by atoms with E-state index in [4.69, 9.17) is 0 Å². The van der Waals surface area contributed by atoms with Gasteiger partial charge in [-0.2, -0.15) is 0 Å². The van der Waals surface area contributed by atoms with Crippen LogP contribution in [0.5, 0.6) is 5.75 Å². The van der Waals surface area contributed by atoms with Crippen LogP contribution in [0.3, 0.4) is 0 Å². The smallest absolute Gasteiger partial charge is 0.270 e. The second-order valence-corrected chi connectivity index (χ2v) is 2.77. The van der Waals surface area contributed by atoms with E-state index < -0.39 is 4.92 Å². The lowest BCUT2D eigenvalue weighted by Gasteiger charge is -2.02. The molecule has 0 spiro atoms. The van der Waals surface area contributed by atoms with E-state index in [-0.39, 0.29) is 11.4 Å². The first-order valence-electron chi connectivity index (χ1n) is 3.97. The van der Waals surface area contributed by atoms with E-state index in [0.717, 1.165) is 0 Å². The molecule has 0 amide bonds. The normalized spacial score (nSPS) is 11.4. The van der Waals surface area contributed by atoms with Crippen LogP contribution in [0.2, 0.25) is 0 Å². The van der Waals surface area contributed by atoms with Gasteiger partial charge in [-0.25, -0.2) is 0 Å². The standard InChI is InChI=1S/C9H10N2O3/c1-6(10-2)8-5-7(11(13)14)3-4-9(8)12/h3-5,12H,1-2H3. The van der Waals surface area contributed by atoms with E-state index in [0.29, 0.717) is 11.3 Å². The Hall–Kier alpha value is -1.91. The molecular formula is C9H10N2O3. The van der Waals surface area contributed by atoms with Gasteiger partial charge in [0, 0.05) is 30.5 Å². The van der Waals surface area contributed by atoms with Crippen molar-refractivity contribution in [2.45, 2.75) is 6.92 Å². The summed E-state index contributed by atoms with van der Waals surface area (Å²) >= 11 is 0. The summed E-state index contributed by atoms with van der Waals surface area (Å²) in [5, 5.41) is 19.9. The molecule has 0 aromatic heterocycles. The van der Waals surface area contributed by atoms with Gasteiger partial charge in [-0.1, -0.05) is 0 Å². The number of hydrogen-bond donors (Lipinski definition) is 1. The Labute approximate surface area is 80.9 Å². The maximum absolute atomic E-state index is 10.5. The zero-order valence-corrected chi connectivity index (χ0v) is 7.89. The monoisotopic (exact) mass is 194 g/mol. The van der Waals surface area contributed by atoms with Crippen molar-refractivity contribution in [2.75, 3.05) is 7.05 Å². The van der Waals surface area contributed by atoms with Gasteiger partial charge in [-0.3, -0.25) is 15.1 Å². The number of phenols is 1. The van der Waals surface area contributed by atoms with Crippen molar-refractivity contribution in [3.8, 4) is 5.75 Å². The highest BCUT2D eigenvalue weighted by atomic mass is 16.6. The molecule has 0 fully saturated rings. The second-order valence-electron chi connectivity index (χ2n) is 2.77. The predicted octanol–water partition coefficient (Wildman–Crippen LogP) is 1.74. The minimum absolute atomic E-state index is 0.00120. The van der Waals surface area contributed by atoms with Crippen LogP contribution in [0.4, 0.5) is 5.69 Å². The van der Waals surface area contributed by atoms with Crippen LogP contribution in [-0.2, 0) is 0 Å². The number of aliphatic imine (C=N–C) groups is 1. The number of hydrogen-bond acceptors (Lipinski definition) is 4. The second kappa shape index (κ2) is 3.87. The van der Waals surface area contributed by atoms with Gasteiger partial charge in [0.15, 0.2) is 0 Å². The molecule has 0 saturated carbocycles. The molecule has 5 nitrogen and oxygen atoms in total. The number of nitro benzene ring substituents is 1. The highest BCUT2D eigenvalue weighted by Crippen LogP contribution is 2.23. The van der Waals surface area contributed by atoms with Crippen molar-refractivity contribution in [3.05, 3.63) is 33.9 Å². The summed E-state index contributed by atoms with van der Waals surface area (Å²) in [6.45, 7) is 1.68. The van der Waals surface area contributed by atoms with Crippen LogP contribution in [0.1, 0.15) is 12.5 Å². The molecule has 0 heterocycles. The Morgan fingerprint density at radius 2 is 2.21 bits per heavy atom. The summed E-state index contributed by atoms with van der Waals surface area (Å²) in [7, 11) is 1.56. The molecule has 1 N–H and O–H groups in total. The maximum Gasteiger partial charge on any atom is 0.270 e. The van der Waals surface area contributed by atoms with Crippen LogP contribution in [0.25, 0.3) is 0 Å². The van der Waals surface area contributed by atoms with Gasteiger partial charge >= 0.3 is 0 Å². The van der Waals surface area contributed by atoms with E-state index in [1.54, 1.807) is 14.0 Å². The van der Waals surface area contributed by atoms with Crippen molar-refractivity contribution in [3.63, 3.8) is 0 Å². The van der Waals surface area contributed by atoms with Crippen LogP contribution in [-0.4, -0.2) is 22.8 Å². The van der Waals surface area contributed by atoms with Crippen molar-refractivity contribution >= 4 is 11.4 Å². The van der Waals surface area contributed by atoms with Crippen LogP contribution in [0, 0.1) is 10.1 Å². The molecule has 0 aliphatic carbocycles. The summed E-state index contributed by atoms with van der Waals surface area (Å²) in [6, 6.07) is 3.85. The average Bonchev–Trinajstić information content (AvgIpc) is 2.17. The lowest BCUT2D eigenvalue weighted by atomic mass is 10.1. The van der Waals surface area contributed by atoms with Crippen molar-refractivity contribution in [2.24, 2.45) is 4.99 Å². The van der Waals surface area contributed by atoms with Crippen molar-refractivity contribution in [1.29, 1.82) is 0 Å². The Morgan fingerprint density at radius 1 is 1.57 bits per heavy atom. The number of nitro groups is 1. The number of aromatic hydroxyl groups is 1. The van der Waals surface area contributed by atoms with Gasteiger partial charge in [0.1, 0.15) is 5.75 Å². The van der Waals surface area contributed by atoms with Gasteiger partial charge < -0.3 is 5.11 Å². The largest absolute Gasteiger partial charge is 0.507 e. The van der Waals surface area contributed by atoms with Crippen molar-refractivity contribution in [1.82, 2.24) is 0 Å². The highest BCUT2D eigenvalue weighted by molar-refractivity contribution is 6.01. The quantitative estimate of drug-likeness (QED) is 0.442. The van der Waals surface area contributed by atoms with E-state index in [2.05, 4.69) is 4.99 Å². The summed E-state index contributed by atoms with van der Waals surface area (Å²) in [6.07, 6.45) is 0. The Bertz CT molecular complexity index is 399. The molecule has 1 aromatic carbocycles. The fraction of sp³-hybridized carbons (Fsp3) is 0.222. The summed E-state index contributed by atoms with van der Waals surface area (Å²) in [5.74, 6) is -0.00120. The number of rotatable bonds is 2. The first-order chi connectivity index (χ1) is 6.56. The molecule has 0 saturated heterocycles. The summed E-state index contributed by atoms with van der Waals surface area (Å²) < 4.78 is 0. The molecule has 0 aliphatic heterocycles. The zero-order chi connectivity index (χ0) is 10.7. The fourth-order valence-corrected chi connectivity index (χ4v) is 1.05. The van der Waals surface area contributed by atoms with E-state index in [1.807, 2.05) is 0 Å². The van der Waals surface area contributed by atoms with Crippen LogP contribution >= 0.6 is 0 Å². The van der Waals surface area contributed by atoms with Crippen molar-refractivity contribution < 1.29 is 10.0 Å². The summed E-state index contributed by atoms with van der Waals surface area (Å²) in [5.41, 5.74) is 0.897. The molecule has 1 rings (SSSR count). The molecule has 1 aromatic rings. The van der Waals surface area contributed by atoms with Gasteiger partial charge in [0.2, 0.25) is 0 Å². The maximum atomic E-state index is 10.5. The number of phenolic OH excluding ortho intramolecular Hbond substituents is 1. The number of benzene rings is 1. The predicted molar refractivity (Wildman–Crippen MR) is 52.9 cm³/mol. The lowest BCUT2D eigenvalue weighted by Crippen LogP contribution is -1.97. The topological polar surface area (TPSA) is 75.7 Å². The number of non-ortho nitro benzene ring substituents is 1. The third-order valence-corrected chi connectivity index (χ3v) is 1.92. The zero-order valence-electron chi connectivity index (χ0n) is 7.89. The molecule has 0 unspecified atom stereocenters. The highest BCUT2D eigenvalue weighted by Gasteiger charge is 2.11. The molecule has 14 heavy (non-hydrogen) atoms. The molecule has 0 bridgehead atoms. The molecule has 0 radical (unpaired) electrons. The third kappa shape index (κ3) is 1.87. The minimum atomic E-state index is -0.508. The average molecular weight is 194 g/mol. The fourth-order valence-electron chi connectivity index (χ4n) is 1.05. The van der Waals surface area contributed by atoms with Crippen LogP contribution < -0.4 is 0 Å².